The first-order chi connectivity index (χ1) is 51.3. The van der Waals surface area contributed by atoms with E-state index in [1.807, 2.05) is 0 Å². The second-order valence-corrected chi connectivity index (χ2v) is 35.4. The second kappa shape index (κ2) is 77.0. The van der Waals surface area contributed by atoms with Crippen molar-refractivity contribution in [3.05, 3.63) is 0 Å². The van der Waals surface area contributed by atoms with Crippen molar-refractivity contribution in [3.63, 3.8) is 0 Å². The number of esters is 4. The normalized spacial score (nSPS) is 14.1. The first-order valence-electron chi connectivity index (χ1n) is 44.9. The standard InChI is InChI=1S/C87H170O17P2/c1-8-10-11-12-13-14-40-47-54-61-68-84(89)97-74-82(104-87(92)71-64-57-50-43-36-35-39-46-53-60-67-80(7)9-2)76-101-105(93,94)99-72-81(88)73-100-106(95,96)102-77-83(103-86(91)70-63-56-49-42-34-30-26-22-18-16-20-24-28-32-38-45-52-59-66-79(5)6)75-98-85(90)69-62-55-48-41-33-29-25-21-17-15-19-23-27-31-37-44-51-58-65-78(3)4/h78-83,88H,8-77H2,1-7H3,(H,93,94)(H,95,96)/t80?,81-,82+,83+/m0/s1. The van der Waals surface area contributed by atoms with Gasteiger partial charge in [0, 0.05) is 25.7 Å². The molecule has 0 aliphatic heterocycles. The molecule has 0 aliphatic rings. The van der Waals surface area contributed by atoms with Crippen LogP contribution >= 0.6 is 15.6 Å². The summed E-state index contributed by atoms with van der Waals surface area (Å²) in [5.74, 6) is 0.343. The number of ether oxygens (including phenoxy) is 4. The molecule has 0 heterocycles. The lowest BCUT2D eigenvalue weighted by molar-refractivity contribution is -0.161. The van der Waals surface area contributed by atoms with Gasteiger partial charge in [-0.1, -0.05) is 408 Å². The van der Waals surface area contributed by atoms with Crippen LogP contribution in [-0.2, 0) is 65.4 Å². The fourth-order valence-corrected chi connectivity index (χ4v) is 15.1. The fraction of sp³-hybridized carbons (Fsp3) is 0.954. The SMILES string of the molecule is CCCCCCCCCCCCC(=O)OC[C@H](COP(=O)(O)OC[C@H](O)COP(=O)(O)OC[C@@H](COC(=O)CCCCCCCCCCCCCCCCCCCCC(C)C)OC(=O)CCCCCCCCCCCCCCCCCCCCC(C)C)OC(=O)CCCCCCCCCCCCC(C)CC. The predicted molar refractivity (Wildman–Crippen MR) is 437 cm³/mol. The Hall–Kier alpha value is -1.94. The van der Waals surface area contributed by atoms with E-state index >= 15 is 0 Å². The molecule has 0 saturated carbocycles. The van der Waals surface area contributed by atoms with Crippen LogP contribution in [0.2, 0.25) is 0 Å². The maximum absolute atomic E-state index is 13.2. The van der Waals surface area contributed by atoms with Gasteiger partial charge in [0.15, 0.2) is 12.2 Å². The number of aliphatic hydroxyl groups excluding tert-OH is 1. The summed E-state index contributed by atoms with van der Waals surface area (Å²) in [5, 5.41) is 10.7. The summed E-state index contributed by atoms with van der Waals surface area (Å²) in [6.45, 7) is 12.1. The summed E-state index contributed by atoms with van der Waals surface area (Å²) < 4.78 is 68.9. The first-order valence-corrected chi connectivity index (χ1v) is 47.9. The summed E-state index contributed by atoms with van der Waals surface area (Å²) >= 11 is 0. The highest BCUT2D eigenvalue weighted by molar-refractivity contribution is 7.47. The van der Waals surface area contributed by atoms with Crippen LogP contribution in [0.5, 0.6) is 0 Å². The molecule has 3 unspecified atom stereocenters. The third-order valence-corrected chi connectivity index (χ3v) is 22.6. The highest BCUT2D eigenvalue weighted by Crippen LogP contribution is 2.45. The highest BCUT2D eigenvalue weighted by atomic mass is 31.2. The number of carbonyl (C=O) groups excluding carboxylic acids is 4. The van der Waals surface area contributed by atoms with E-state index in [-0.39, 0.29) is 25.7 Å². The Morgan fingerprint density at radius 3 is 0.717 bits per heavy atom. The zero-order valence-electron chi connectivity index (χ0n) is 69.9. The van der Waals surface area contributed by atoms with Crippen LogP contribution in [0.4, 0.5) is 0 Å². The third kappa shape index (κ3) is 78.7. The van der Waals surface area contributed by atoms with Gasteiger partial charge in [-0.3, -0.25) is 37.3 Å². The van der Waals surface area contributed by atoms with E-state index < -0.39 is 97.5 Å². The minimum absolute atomic E-state index is 0.107. The largest absolute Gasteiger partial charge is 0.472 e. The van der Waals surface area contributed by atoms with Gasteiger partial charge in [-0.15, -0.1) is 0 Å². The van der Waals surface area contributed by atoms with E-state index in [9.17, 15) is 43.2 Å². The summed E-state index contributed by atoms with van der Waals surface area (Å²) in [4.78, 5) is 73.2. The van der Waals surface area contributed by atoms with Crippen molar-refractivity contribution in [1.82, 2.24) is 0 Å². The minimum atomic E-state index is -4.97. The Morgan fingerprint density at radius 2 is 0.481 bits per heavy atom. The Bertz CT molecular complexity index is 2050. The first kappa shape index (κ1) is 104. The van der Waals surface area contributed by atoms with Crippen LogP contribution in [0.25, 0.3) is 0 Å². The van der Waals surface area contributed by atoms with E-state index in [1.54, 1.807) is 0 Å². The molecule has 3 N–H and O–H groups in total. The quantitative estimate of drug-likeness (QED) is 0.0222. The summed E-state index contributed by atoms with van der Waals surface area (Å²) in [5.41, 5.74) is 0. The average Bonchev–Trinajstić information content (AvgIpc) is 0.900. The zero-order chi connectivity index (χ0) is 77.9. The van der Waals surface area contributed by atoms with Crippen molar-refractivity contribution in [2.75, 3.05) is 39.6 Å². The van der Waals surface area contributed by atoms with Crippen LogP contribution in [0.1, 0.15) is 459 Å². The van der Waals surface area contributed by atoms with Gasteiger partial charge in [0.1, 0.15) is 19.3 Å². The van der Waals surface area contributed by atoms with Gasteiger partial charge in [0.25, 0.3) is 0 Å². The minimum Gasteiger partial charge on any atom is -0.462 e. The fourth-order valence-electron chi connectivity index (χ4n) is 13.5. The summed E-state index contributed by atoms with van der Waals surface area (Å²) in [6, 6.07) is 0. The monoisotopic (exact) mass is 1550 g/mol. The van der Waals surface area contributed by atoms with Gasteiger partial charge in [0.2, 0.25) is 0 Å². The molecule has 106 heavy (non-hydrogen) atoms. The van der Waals surface area contributed by atoms with Gasteiger partial charge in [-0.25, -0.2) is 9.13 Å². The highest BCUT2D eigenvalue weighted by Gasteiger charge is 2.31. The number of carbonyl (C=O) groups is 4. The number of hydrogen-bond donors (Lipinski definition) is 3. The lowest BCUT2D eigenvalue weighted by Gasteiger charge is -2.21. The molecule has 0 aliphatic carbocycles. The molecule has 0 spiro atoms. The molecule has 630 valence electrons. The predicted octanol–water partition coefficient (Wildman–Crippen LogP) is 26.5. The van der Waals surface area contributed by atoms with Gasteiger partial charge in [0.05, 0.1) is 26.4 Å². The Labute approximate surface area is 651 Å². The van der Waals surface area contributed by atoms with Crippen molar-refractivity contribution >= 4 is 39.5 Å². The molecule has 6 atom stereocenters. The lowest BCUT2D eigenvalue weighted by atomic mass is 9.99. The number of aliphatic hydroxyl groups is 1. The smallest absolute Gasteiger partial charge is 0.462 e. The second-order valence-electron chi connectivity index (χ2n) is 32.5. The molecule has 19 heteroatoms. The number of rotatable bonds is 85. The van der Waals surface area contributed by atoms with Crippen molar-refractivity contribution in [3.8, 4) is 0 Å². The van der Waals surface area contributed by atoms with Crippen LogP contribution in [-0.4, -0.2) is 96.7 Å². The van der Waals surface area contributed by atoms with Crippen LogP contribution in [0.3, 0.4) is 0 Å². The summed E-state index contributed by atoms with van der Waals surface area (Å²) in [6.07, 6.45) is 68.0. The van der Waals surface area contributed by atoms with E-state index in [2.05, 4.69) is 48.5 Å². The molecule has 0 radical (unpaired) electrons. The van der Waals surface area contributed by atoms with Crippen LogP contribution in [0.15, 0.2) is 0 Å². The molecule has 17 nitrogen and oxygen atoms in total. The summed E-state index contributed by atoms with van der Waals surface area (Å²) in [7, 11) is -9.93. The number of hydrogen-bond acceptors (Lipinski definition) is 15. The zero-order valence-corrected chi connectivity index (χ0v) is 71.7. The maximum Gasteiger partial charge on any atom is 0.472 e. The molecule has 0 aromatic heterocycles. The Kier molecular flexibility index (Phi) is 75.6. The molecular weight excluding hydrogens is 1380 g/mol. The van der Waals surface area contributed by atoms with Crippen molar-refractivity contribution in [2.45, 2.75) is 478 Å². The number of phosphoric ester groups is 2. The van der Waals surface area contributed by atoms with E-state index in [0.717, 1.165) is 108 Å². The lowest BCUT2D eigenvalue weighted by Crippen LogP contribution is -2.30. The molecule has 0 saturated heterocycles. The van der Waals surface area contributed by atoms with Gasteiger partial charge in [-0.2, -0.15) is 0 Å². The Morgan fingerprint density at radius 1 is 0.274 bits per heavy atom. The van der Waals surface area contributed by atoms with E-state index in [0.29, 0.717) is 25.7 Å². The van der Waals surface area contributed by atoms with E-state index in [1.165, 1.54) is 270 Å². The molecule has 0 aromatic carbocycles. The topological polar surface area (TPSA) is 237 Å². The molecule has 0 amide bonds. The average molecular weight is 1550 g/mol. The van der Waals surface area contributed by atoms with Crippen LogP contribution < -0.4 is 0 Å². The molecule has 0 rings (SSSR count). The van der Waals surface area contributed by atoms with Crippen molar-refractivity contribution in [2.24, 2.45) is 17.8 Å². The van der Waals surface area contributed by atoms with Gasteiger partial charge < -0.3 is 33.8 Å². The number of phosphoric acid groups is 2. The Balaban J connectivity index is 5.21. The molecular formula is C87H170O17P2. The van der Waals surface area contributed by atoms with Crippen molar-refractivity contribution < 1.29 is 80.2 Å². The van der Waals surface area contributed by atoms with Gasteiger partial charge >= 0.3 is 39.5 Å². The number of unbranched alkanes of at least 4 members (excludes halogenated alkanes) is 52. The molecule has 0 aromatic rings. The van der Waals surface area contributed by atoms with E-state index in [4.69, 9.17) is 37.0 Å². The molecule has 0 fully saturated rings. The maximum atomic E-state index is 13.2. The van der Waals surface area contributed by atoms with Crippen LogP contribution in [0, 0.1) is 17.8 Å². The molecule has 0 bridgehead atoms. The van der Waals surface area contributed by atoms with Gasteiger partial charge in [-0.05, 0) is 43.4 Å². The van der Waals surface area contributed by atoms with Crippen molar-refractivity contribution in [1.29, 1.82) is 0 Å². The third-order valence-electron chi connectivity index (χ3n) is 20.7.